The van der Waals surface area contributed by atoms with Crippen LogP contribution in [-0.2, 0) is 4.74 Å². The fourth-order valence-electron chi connectivity index (χ4n) is 2.37. The minimum atomic E-state index is -0.102. The number of carbonyl (C=O) groups excluding carboxylic acids is 1. The van der Waals surface area contributed by atoms with Gasteiger partial charge in [0.25, 0.3) is 11.9 Å². The molecule has 130 valence electrons. The van der Waals surface area contributed by atoms with Crippen LogP contribution in [-0.4, -0.2) is 57.9 Å². The number of rotatable bonds is 6. The third-order valence-electron chi connectivity index (χ3n) is 3.82. The van der Waals surface area contributed by atoms with Gasteiger partial charge in [0, 0.05) is 26.9 Å². The molecule has 0 aromatic carbocycles. The molecule has 25 heavy (non-hydrogen) atoms. The fraction of sp³-hybridized carbons (Fsp3) is 0.294. The molecule has 0 aliphatic rings. The van der Waals surface area contributed by atoms with E-state index in [4.69, 9.17) is 4.74 Å². The second-order valence-corrected chi connectivity index (χ2v) is 6.44. The summed E-state index contributed by atoms with van der Waals surface area (Å²) in [5.41, 5.74) is 2.07. The van der Waals surface area contributed by atoms with E-state index in [1.807, 2.05) is 30.5 Å². The molecule has 1 amide bonds. The fourth-order valence-corrected chi connectivity index (χ4v) is 3.06. The molecular formula is C17H19N5O2S. The van der Waals surface area contributed by atoms with E-state index < -0.39 is 0 Å². The van der Waals surface area contributed by atoms with Gasteiger partial charge in [0.2, 0.25) is 0 Å². The van der Waals surface area contributed by atoms with Gasteiger partial charge in [0.1, 0.15) is 0 Å². The highest BCUT2D eigenvalue weighted by atomic mass is 32.1. The zero-order valence-corrected chi connectivity index (χ0v) is 15.2. The van der Waals surface area contributed by atoms with Crippen molar-refractivity contribution in [3.8, 4) is 16.5 Å². The SMILES string of the molecule is COCCN(C)C(=O)c1cnn(-c2nccc(-c3cccs3)n2)c1C. The molecule has 8 heteroatoms. The van der Waals surface area contributed by atoms with Gasteiger partial charge < -0.3 is 9.64 Å². The van der Waals surface area contributed by atoms with E-state index >= 15 is 0 Å². The monoisotopic (exact) mass is 357 g/mol. The van der Waals surface area contributed by atoms with E-state index in [9.17, 15) is 4.79 Å². The number of likely N-dealkylation sites (N-methyl/N-ethyl adjacent to an activating group) is 1. The number of amides is 1. The summed E-state index contributed by atoms with van der Waals surface area (Å²) >= 11 is 1.61. The summed E-state index contributed by atoms with van der Waals surface area (Å²) in [6, 6.07) is 5.85. The summed E-state index contributed by atoms with van der Waals surface area (Å²) in [5, 5.41) is 6.31. The summed E-state index contributed by atoms with van der Waals surface area (Å²) in [4.78, 5) is 24.1. The van der Waals surface area contributed by atoms with Gasteiger partial charge in [-0.3, -0.25) is 4.79 Å². The first-order chi connectivity index (χ1) is 12.1. The molecule has 0 bridgehead atoms. The Bertz CT molecular complexity index is 860. The number of hydrogen-bond donors (Lipinski definition) is 0. The first-order valence-corrected chi connectivity index (χ1v) is 8.66. The lowest BCUT2D eigenvalue weighted by atomic mass is 10.2. The average molecular weight is 357 g/mol. The molecule has 7 nitrogen and oxygen atoms in total. The van der Waals surface area contributed by atoms with Gasteiger partial charge in [-0.25, -0.2) is 14.6 Å². The van der Waals surface area contributed by atoms with Crippen LogP contribution in [0.2, 0.25) is 0 Å². The summed E-state index contributed by atoms with van der Waals surface area (Å²) in [6.07, 6.45) is 3.26. The third kappa shape index (κ3) is 3.59. The van der Waals surface area contributed by atoms with Crippen molar-refractivity contribution >= 4 is 17.2 Å². The van der Waals surface area contributed by atoms with Crippen LogP contribution < -0.4 is 0 Å². The summed E-state index contributed by atoms with van der Waals surface area (Å²) in [5.74, 6) is 0.345. The lowest BCUT2D eigenvalue weighted by molar-refractivity contribution is 0.0743. The van der Waals surface area contributed by atoms with Crippen LogP contribution in [0, 0.1) is 6.92 Å². The van der Waals surface area contributed by atoms with Gasteiger partial charge in [0.05, 0.1) is 34.6 Å². The molecule has 0 spiro atoms. The van der Waals surface area contributed by atoms with Gasteiger partial charge in [-0.15, -0.1) is 11.3 Å². The van der Waals surface area contributed by atoms with Crippen molar-refractivity contribution in [2.24, 2.45) is 0 Å². The van der Waals surface area contributed by atoms with Crippen LogP contribution >= 0.6 is 11.3 Å². The molecule has 3 aromatic rings. The molecule has 0 unspecified atom stereocenters. The second kappa shape index (κ2) is 7.54. The Hall–Kier alpha value is -2.58. The Labute approximate surface area is 149 Å². The zero-order valence-electron chi connectivity index (χ0n) is 14.3. The molecule has 0 aliphatic carbocycles. The molecule has 0 atom stereocenters. The lowest BCUT2D eigenvalue weighted by Gasteiger charge is -2.16. The minimum absolute atomic E-state index is 0.102. The first kappa shape index (κ1) is 17.2. The first-order valence-electron chi connectivity index (χ1n) is 7.78. The standard InChI is InChI=1S/C17H19N5O2S/c1-12-13(16(23)21(2)8-9-24-3)11-19-22(12)17-18-7-6-14(20-17)15-5-4-10-25-15/h4-7,10-11H,8-9H2,1-3H3. The Morgan fingerprint density at radius 1 is 1.40 bits per heavy atom. The van der Waals surface area contributed by atoms with E-state index in [1.54, 1.807) is 47.5 Å². The van der Waals surface area contributed by atoms with Crippen molar-refractivity contribution in [3.05, 3.63) is 47.2 Å². The predicted octanol–water partition coefficient (Wildman–Crippen LogP) is 2.42. The molecule has 3 heterocycles. The van der Waals surface area contributed by atoms with Crippen LogP contribution in [0.5, 0.6) is 0 Å². The topological polar surface area (TPSA) is 73.1 Å². The molecule has 3 aromatic heterocycles. The van der Waals surface area contributed by atoms with E-state index in [1.165, 1.54) is 0 Å². The highest BCUT2D eigenvalue weighted by Crippen LogP contribution is 2.23. The summed E-state index contributed by atoms with van der Waals surface area (Å²) in [6.45, 7) is 2.84. The van der Waals surface area contributed by atoms with Gasteiger partial charge in [0.15, 0.2) is 0 Å². The highest BCUT2D eigenvalue weighted by molar-refractivity contribution is 7.13. The molecule has 0 saturated heterocycles. The van der Waals surface area contributed by atoms with Crippen molar-refractivity contribution in [2.75, 3.05) is 27.3 Å². The Morgan fingerprint density at radius 2 is 2.24 bits per heavy atom. The van der Waals surface area contributed by atoms with Crippen molar-refractivity contribution in [1.82, 2.24) is 24.6 Å². The third-order valence-corrected chi connectivity index (χ3v) is 4.72. The largest absolute Gasteiger partial charge is 0.383 e. The normalized spacial score (nSPS) is 10.8. The quantitative estimate of drug-likeness (QED) is 0.677. The maximum absolute atomic E-state index is 12.5. The maximum atomic E-state index is 12.5. The highest BCUT2D eigenvalue weighted by Gasteiger charge is 2.19. The molecular weight excluding hydrogens is 338 g/mol. The minimum Gasteiger partial charge on any atom is -0.383 e. The van der Waals surface area contributed by atoms with Crippen LogP contribution in [0.15, 0.2) is 36.0 Å². The van der Waals surface area contributed by atoms with E-state index in [2.05, 4.69) is 15.1 Å². The van der Waals surface area contributed by atoms with Crippen LogP contribution in [0.1, 0.15) is 16.1 Å². The number of carbonyl (C=O) groups is 1. The number of nitrogens with zero attached hydrogens (tertiary/aromatic N) is 5. The molecule has 0 aliphatic heterocycles. The average Bonchev–Trinajstić information content (AvgIpc) is 3.29. The maximum Gasteiger partial charge on any atom is 0.257 e. The van der Waals surface area contributed by atoms with E-state index in [0.717, 1.165) is 10.6 Å². The van der Waals surface area contributed by atoms with Crippen LogP contribution in [0.3, 0.4) is 0 Å². The number of hydrogen-bond acceptors (Lipinski definition) is 6. The summed E-state index contributed by atoms with van der Waals surface area (Å²) in [7, 11) is 3.35. The van der Waals surface area contributed by atoms with Crippen LogP contribution in [0.25, 0.3) is 16.5 Å². The van der Waals surface area contributed by atoms with Crippen molar-refractivity contribution in [2.45, 2.75) is 6.92 Å². The summed E-state index contributed by atoms with van der Waals surface area (Å²) < 4.78 is 6.61. The zero-order chi connectivity index (χ0) is 17.8. The smallest absolute Gasteiger partial charge is 0.257 e. The van der Waals surface area contributed by atoms with E-state index in [-0.39, 0.29) is 5.91 Å². The lowest BCUT2D eigenvalue weighted by Crippen LogP contribution is -2.30. The molecule has 3 rings (SSSR count). The van der Waals surface area contributed by atoms with Crippen LogP contribution in [0.4, 0.5) is 0 Å². The number of ether oxygens (including phenoxy) is 1. The van der Waals surface area contributed by atoms with Gasteiger partial charge in [-0.2, -0.15) is 5.10 Å². The number of methoxy groups -OCH3 is 1. The van der Waals surface area contributed by atoms with Crippen molar-refractivity contribution < 1.29 is 9.53 Å². The molecule has 0 radical (unpaired) electrons. The number of aromatic nitrogens is 4. The molecule has 0 N–H and O–H groups in total. The second-order valence-electron chi connectivity index (χ2n) is 5.49. The molecule has 0 saturated carbocycles. The number of thiophene rings is 1. The van der Waals surface area contributed by atoms with Crippen molar-refractivity contribution in [3.63, 3.8) is 0 Å². The van der Waals surface area contributed by atoms with E-state index in [0.29, 0.717) is 30.4 Å². The Balaban J connectivity index is 1.89. The van der Waals surface area contributed by atoms with Gasteiger partial charge in [-0.1, -0.05) is 6.07 Å². The van der Waals surface area contributed by atoms with Gasteiger partial charge in [-0.05, 0) is 24.4 Å². The predicted molar refractivity (Wildman–Crippen MR) is 96.0 cm³/mol. The Kier molecular flexibility index (Phi) is 5.20. The Morgan fingerprint density at radius 3 is 2.96 bits per heavy atom. The molecule has 0 fully saturated rings. The van der Waals surface area contributed by atoms with Crippen molar-refractivity contribution in [1.29, 1.82) is 0 Å². The van der Waals surface area contributed by atoms with Gasteiger partial charge >= 0.3 is 0 Å².